The molecule has 0 saturated heterocycles. The highest BCUT2D eigenvalue weighted by molar-refractivity contribution is 7.61. The molecule has 0 spiro atoms. The molecule has 0 aromatic carbocycles. The maximum absolute atomic E-state index is 10.9. The van der Waals surface area contributed by atoms with Crippen molar-refractivity contribution in [2.24, 2.45) is 0 Å². The molecule has 0 saturated carbocycles. The van der Waals surface area contributed by atoms with E-state index in [0.29, 0.717) is 0 Å². The van der Waals surface area contributed by atoms with Gasteiger partial charge in [-0.3, -0.25) is 4.57 Å². The minimum Gasteiger partial charge on any atom is -0.341 e. The summed E-state index contributed by atoms with van der Waals surface area (Å²) in [7, 11) is -3.41. The summed E-state index contributed by atoms with van der Waals surface area (Å²) in [4.78, 5) is 8.91. The molecule has 0 radical (unpaired) electrons. The van der Waals surface area contributed by atoms with Gasteiger partial charge in [0.2, 0.25) is 7.37 Å². The van der Waals surface area contributed by atoms with Crippen molar-refractivity contribution in [2.75, 3.05) is 6.66 Å². The Morgan fingerprint density at radius 2 is 1.82 bits per heavy atom. The molecule has 0 rings (SSSR count). The normalized spacial score (nSPS) is 13.9. The third kappa shape index (κ3) is 2.55. The van der Waals surface area contributed by atoms with Crippen LogP contribution in [0.4, 0.5) is 0 Å². The SMILES string of the molecule is CC(=C(C#N)C#N)P(C)(=O)O. The molecule has 1 unspecified atom stereocenters. The van der Waals surface area contributed by atoms with Gasteiger partial charge in [-0.2, -0.15) is 10.5 Å². The highest BCUT2D eigenvalue weighted by Gasteiger charge is 2.17. The molecule has 58 valence electrons. The maximum Gasteiger partial charge on any atom is 0.224 e. The Labute approximate surface area is 64.8 Å². The number of hydrogen-bond donors (Lipinski definition) is 1. The van der Waals surface area contributed by atoms with Crippen molar-refractivity contribution in [2.45, 2.75) is 6.92 Å². The zero-order valence-corrected chi connectivity index (χ0v) is 7.09. The molecule has 0 amide bonds. The number of nitrogens with zero attached hydrogens (tertiary/aromatic N) is 2. The van der Waals surface area contributed by atoms with Crippen molar-refractivity contribution in [3.05, 3.63) is 10.9 Å². The second-order valence-corrected chi connectivity index (χ2v) is 4.49. The molecule has 0 fully saturated rings. The highest BCUT2D eigenvalue weighted by Crippen LogP contribution is 2.46. The fourth-order valence-corrected chi connectivity index (χ4v) is 0.909. The van der Waals surface area contributed by atoms with Crippen molar-refractivity contribution in [1.29, 1.82) is 10.5 Å². The Kier molecular flexibility index (Phi) is 3.01. The Balaban J connectivity index is 5.19. The summed E-state index contributed by atoms with van der Waals surface area (Å²) in [5, 5.41) is 16.6. The Morgan fingerprint density at radius 1 is 1.45 bits per heavy atom. The molecule has 11 heavy (non-hydrogen) atoms. The van der Waals surface area contributed by atoms with Crippen LogP contribution in [0.25, 0.3) is 0 Å². The maximum atomic E-state index is 10.9. The molecule has 0 aromatic heterocycles. The molecule has 4 nitrogen and oxygen atoms in total. The number of rotatable bonds is 1. The van der Waals surface area contributed by atoms with Gasteiger partial charge in [-0.05, 0) is 6.92 Å². The van der Waals surface area contributed by atoms with Gasteiger partial charge in [-0.25, -0.2) is 0 Å². The fraction of sp³-hybridized carbons (Fsp3) is 0.333. The average Bonchev–Trinajstić information content (AvgIpc) is 1.88. The summed E-state index contributed by atoms with van der Waals surface area (Å²) in [6.45, 7) is 2.40. The van der Waals surface area contributed by atoms with Crippen molar-refractivity contribution < 1.29 is 9.46 Å². The minimum absolute atomic E-state index is 0.0394. The lowest BCUT2D eigenvalue weighted by Gasteiger charge is -2.03. The number of nitriles is 2. The zero-order chi connectivity index (χ0) is 9.07. The minimum atomic E-state index is -3.41. The summed E-state index contributed by atoms with van der Waals surface area (Å²) in [5.41, 5.74) is -0.279. The van der Waals surface area contributed by atoms with Gasteiger partial charge < -0.3 is 4.89 Å². The fourth-order valence-electron chi connectivity index (χ4n) is 0.394. The topological polar surface area (TPSA) is 84.9 Å². The Bertz CT molecular complexity index is 296. The standard InChI is InChI=1S/C6H7N2O2P/c1-5(11(2,9)10)6(3-7)4-8/h1-2H3,(H,9,10). The highest BCUT2D eigenvalue weighted by atomic mass is 31.2. The van der Waals surface area contributed by atoms with Gasteiger partial charge in [0.25, 0.3) is 0 Å². The second-order valence-electron chi connectivity index (χ2n) is 2.06. The molecular weight excluding hydrogens is 163 g/mol. The summed E-state index contributed by atoms with van der Waals surface area (Å²) in [6, 6.07) is 3.09. The van der Waals surface area contributed by atoms with E-state index in [1.54, 1.807) is 12.1 Å². The van der Waals surface area contributed by atoms with Crippen LogP contribution < -0.4 is 0 Å². The third-order valence-electron chi connectivity index (χ3n) is 1.21. The van der Waals surface area contributed by atoms with E-state index in [1.807, 2.05) is 0 Å². The molecule has 5 heteroatoms. The molecule has 1 atom stereocenters. The first-order valence-electron chi connectivity index (χ1n) is 2.75. The summed E-state index contributed by atoms with van der Waals surface area (Å²) >= 11 is 0. The van der Waals surface area contributed by atoms with E-state index in [0.717, 1.165) is 6.66 Å². The van der Waals surface area contributed by atoms with Crippen molar-refractivity contribution in [3.8, 4) is 12.1 Å². The van der Waals surface area contributed by atoms with E-state index in [9.17, 15) is 4.57 Å². The molecule has 0 bridgehead atoms. The predicted octanol–water partition coefficient (Wildman–Crippen LogP) is 1.21. The summed E-state index contributed by atoms with van der Waals surface area (Å²) in [6.07, 6.45) is 0. The van der Waals surface area contributed by atoms with Crippen LogP contribution in [0.15, 0.2) is 10.9 Å². The van der Waals surface area contributed by atoms with Crippen LogP contribution in [0, 0.1) is 22.7 Å². The third-order valence-corrected chi connectivity index (χ3v) is 2.68. The van der Waals surface area contributed by atoms with Gasteiger partial charge in [0.05, 0.1) is 0 Å². The van der Waals surface area contributed by atoms with E-state index in [4.69, 9.17) is 15.4 Å². The molecule has 0 aliphatic carbocycles. The molecule has 0 aromatic rings. The average molecular weight is 170 g/mol. The van der Waals surface area contributed by atoms with Crippen LogP contribution in [-0.4, -0.2) is 11.6 Å². The molecule has 0 heterocycles. The second kappa shape index (κ2) is 3.34. The summed E-state index contributed by atoms with van der Waals surface area (Å²) < 4.78 is 10.9. The molecule has 1 N–H and O–H groups in total. The zero-order valence-electron chi connectivity index (χ0n) is 6.20. The van der Waals surface area contributed by atoms with Crippen molar-refractivity contribution >= 4 is 7.37 Å². The van der Waals surface area contributed by atoms with E-state index >= 15 is 0 Å². The first-order valence-corrected chi connectivity index (χ1v) is 4.86. The van der Waals surface area contributed by atoms with Crippen LogP contribution >= 0.6 is 7.37 Å². The first-order chi connectivity index (χ1) is 4.93. The first kappa shape index (κ1) is 9.91. The largest absolute Gasteiger partial charge is 0.341 e. The van der Waals surface area contributed by atoms with E-state index < -0.39 is 7.37 Å². The number of allylic oxidation sites excluding steroid dienone is 2. The molecular formula is C6H7N2O2P. The van der Waals surface area contributed by atoms with Crippen molar-refractivity contribution in [1.82, 2.24) is 0 Å². The van der Waals surface area contributed by atoms with Gasteiger partial charge in [-0.15, -0.1) is 0 Å². The smallest absolute Gasteiger partial charge is 0.224 e. The van der Waals surface area contributed by atoms with Crippen LogP contribution in [-0.2, 0) is 4.57 Å². The lowest BCUT2D eigenvalue weighted by atomic mass is 10.3. The van der Waals surface area contributed by atoms with Gasteiger partial charge in [-0.1, -0.05) is 0 Å². The Morgan fingerprint density at radius 3 is 1.91 bits per heavy atom. The lowest BCUT2D eigenvalue weighted by molar-refractivity contribution is 0.492. The van der Waals surface area contributed by atoms with E-state index in [-0.39, 0.29) is 10.9 Å². The van der Waals surface area contributed by atoms with Crippen LogP contribution in [0.2, 0.25) is 0 Å². The van der Waals surface area contributed by atoms with Gasteiger partial charge in [0.15, 0.2) is 0 Å². The predicted molar refractivity (Wildman–Crippen MR) is 39.7 cm³/mol. The number of hydrogen-bond acceptors (Lipinski definition) is 3. The lowest BCUT2D eigenvalue weighted by Crippen LogP contribution is -1.84. The Hall–Kier alpha value is -1.09. The molecule has 0 aliphatic heterocycles. The van der Waals surface area contributed by atoms with Crippen LogP contribution in [0.1, 0.15) is 6.92 Å². The summed E-state index contributed by atoms with van der Waals surface area (Å²) in [5.74, 6) is 0. The van der Waals surface area contributed by atoms with Gasteiger partial charge in [0.1, 0.15) is 17.7 Å². The monoisotopic (exact) mass is 170 g/mol. The van der Waals surface area contributed by atoms with Gasteiger partial charge >= 0.3 is 0 Å². The quantitative estimate of drug-likeness (QED) is 0.473. The van der Waals surface area contributed by atoms with Crippen molar-refractivity contribution in [3.63, 3.8) is 0 Å². The van der Waals surface area contributed by atoms with Crippen LogP contribution in [0.5, 0.6) is 0 Å². The molecule has 0 aliphatic rings. The van der Waals surface area contributed by atoms with E-state index in [1.165, 1.54) is 6.92 Å². The van der Waals surface area contributed by atoms with E-state index in [2.05, 4.69) is 0 Å². The van der Waals surface area contributed by atoms with Gasteiger partial charge in [0, 0.05) is 12.0 Å². The van der Waals surface area contributed by atoms with Crippen LogP contribution in [0.3, 0.4) is 0 Å².